The van der Waals surface area contributed by atoms with Crippen LogP contribution >= 0.6 is 31.1 Å². The highest BCUT2D eigenvalue weighted by molar-refractivity contribution is 7.66. The second-order valence-corrected chi connectivity index (χ2v) is 8.97. The first kappa shape index (κ1) is 11.3. The number of hydrogen-bond donors (Lipinski definition) is 0. The van der Waals surface area contributed by atoms with E-state index >= 15 is 0 Å². The van der Waals surface area contributed by atoms with Crippen LogP contribution in [0.5, 0.6) is 0 Å². The van der Waals surface area contributed by atoms with Crippen LogP contribution in [-0.4, -0.2) is 16.7 Å². The van der Waals surface area contributed by atoms with E-state index in [0.29, 0.717) is 5.92 Å². The second kappa shape index (κ2) is 3.37. The number of fused-ring (bicyclic) bond motifs is 1. The smallest absolute Gasteiger partial charge is 0.101 e. The molecule has 3 rings (SSSR count). The molecule has 0 radical (unpaired) electrons. The van der Waals surface area contributed by atoms with Crippen molar-refractivity contribution in [1.29, 1.82) is 0 Å². The lowest BCUT2D eigenvalue weighted by molar-refractivity contribution is 0.617. The van der Waals surface area contributed by atoms with Gasteiger partial charge in [-0.25, -0.2) is 0 Å². The molecule has 2 fully saturated rings. The molecule has 0 bridgehead atoms. The van der Waals surface area contributed by atoms with E-state index in [2.05, 4.69) is 38.1 Å². The van der Waals surface area contributed by atoms with Crippen molar-refractivity contribution in [3.63, 3.8) is 0 Å². The SMILES string of the molecule is Cc1ccc(P2CC3C(Cl)(Cl)[C@@]3(C)C2)cc1. The standard InChI is InChI=1S/C13H15Cl2P/c1-9-3-5-10(6-4-9)16-7-11-12(2,8-16)13(11,14)15/h3-6,11H,7-8H2,1-2H3/t11?,12-,16?/m0/s1. The zero-order valence-electron chi connectivity index (χ0n) is 9.50. The molecular weight excluding hydrogens is 258 g/mol. The topological polar surface area (TPSA) is 0 Å². The van der Waals surface area contributed by atoms with Gasteiger partial charge >= 0.3 is 0 Å². The van der Waals surface area contributed by atoms with Gasteiger partial charge in [0.25, 0.3) is 0 Å². The summed E-state index contributed by atoms with van der Waals surface area (Å²) in [5.74, 6) is 0.524. The van der Waals surface area contributed by atoms with Gasteiger partial charge in [-0.1, -0.05) is 44.7 Å². The molecule has 1 aromatic rings. The number of alkyl halides is 2. The van der Waals surface area contributed by atoms with Crippen molar-refractivity contribution in [1.82, 2.24) is 0 Å². The summed E-state index contributed by atoms with van der Waals surface area (Å²) in [5.41, 5.74) is 1.52. The quantitative estimate of drug-likeness (QED) is 0.537. The van der Waals surface area contributed by atoms with Crippen molar-refractivity contribution in [2.24, 2.45) is 11.3 Å². The summed E-state index contributed by atoms with van der Waals surface area (Å²) in [6, 6.07) is 8.97. The number of hydrogen-bond acceptors (Lipinski definition) is 0. The Morgan fingerprint density at radius 3 is 2.38 bits per heavy atom. The predicted octanol–water partition coefficient (Wildman–Crippen LogP) is 3.93. The number of aryl methyl sites for hydroxylation is 1. The fourth-order valence-electron chi connectivity index (χ4n) is 2.84. The zero-order chi connectivity index (χ0) is 11.6. The molecule has 2 aliphatic rings. The molecular formula is C13H15Cl2P. The molecule has 0 spiro atoms. The largest absolute Gasteiger partial charge is 0.128 e. The molecule has 1 heterocycles. The molecule has 0 nitrogen and oxygen atoms in total. The van der Waals surface area contributed by atoms with Gasteiger partial charge in [0, 0.05) is 11.3 Å². The Morgan fingerprint density at radius 2 is 1.88 bits per heavy atom. The van der Waals surface area contributed by atoms with E-state index in [1.54, 1.807) is 0 Å². The van der Waals surface area contributed by atoms with Crippen LogP contribution in [0.4, 0.5) is 0 Å². The minimum Gasteiger partial charge on any atom is -0.101 e. The third-order valence-electron chi connectivity index (χ3n) is 4.21. The van der Waals surface area contributed by atoms with Crippen molar-refractivity contribution in [2.45, 2.75) is 18.2 Å². The van der Waals surface area contributed by atoms with Gasteiger partial charge in [0.15, 0.2) is 0 Å². The number of benzene rings is 1. The highest BCUT2D eigenvalue weighted by Gasteiger charge is 2.76. The average Bonchev–Trinajstić information content (AvgIpc) is 2.58. The Bertz CT molecular complexity index is 426. The Labute approximate surface area is 108 Å². The van der Waals surface area contributed by atoms with Gasteiger partial charge in [-0.2, -0.15) is 0 Å². The summed E-state index contributed by atoms with van der Waals surface area (Å²) >= 11 is 12.6. The maximum absolute atomic E-state index is 6.30. The van der Waals surface area contributed by atoms with Crippen molar-refractivity contribution < 1.29 is 0 Å². The summed E-state index contributed by atoms with van der Waals surface area (Å²) < 4.78 is -0.434. The zero-order valence-corrected chi connectivity index (χ0v) is 11.9. The Balaban J connectivity index is 1.80. The summed E-state index contributed by atoms with van der Waals surface area (Å²) in [6.45, 7) is 4.38. The maximum Gasteiger partial charge on any atom is 0.128 e. The first-order chi connectivity index (χ1) is 7.45. The molecule has 86 valence electrons. The number of halogens is 2. The first-order valence-corrected chi connectivity index (χ1v) is 8.11. The monoisotopic (exact) mass is 272 g/mol. The molecule has 0 N–H and O–H groups in total. The Morgan fingerprint density at radius 1 is 1.25 bits per heavy atom. The minimum atomic E-state index is -0.434. The van der Waals surface area contributed by atoms with Crippen LogP contribution in [0.1, 0.15) is 12.5 Å². The Kier molecular flexibility index (Phi) is 2.39. The average molecular weight is 273 g/mol. The van der Waals surface area contributed by atoms with Crippen LogP contribution in [0.3, 0.4) is 0 Å². The Hall–Kier alpha value is 0.230. The fourth-order valence-corrected chi connectivity index (χ4v) is 7.64. The van der Waals surface area contributed by atoms with E-state index in [4.69, 9.17) is 23.2 Å². The molecule has 2 unspecified atom stereocenters. The van der Waals surface area contributed by atoms with Gasteiger partial charge in [0.1, 0.15) is 4.33 Å². The van der Waals surface area contributed by atoms with Crippen LogP contribution in [-0.2, 0) is 0 Å². The van der Waals surface area contributed by atoms with E-state index in [9.17, 15) is 0 Å². The van der Waals surface area contributed by atoms with Crippen LogP contribution in [0.15, 0.2) is 24.3 Å². The lowest BCUT2D eigenvalue weighted by Crippen LogP contribution is -2.14. The van der Waals surface area contributed by atoms with Gasteiger partial charge in [-0.05, 0) is 24.6 Å². The van der Waals surface area contributed by atoms with E-state index in [0.717, 1.165) is 0 Å². The lowest BCUT2D eigenvalue weighted by atomic mass is 10.1. The third-order valence-corrected chi connectivity index (χ3v) is 8.47. The molecule has 3 atom stereocenters. The maximum atomic E-state index is 6.30. The van der Waals surface area contributed by atoms with Gasteiger partial charge < -0.3 is 0 Å². The van der Waals surface area contributed by atoms with E-state index in [1.807, 2.05) is 0 Å². The van der Waals surface area contributed by atoms with Crippen LogP contribution in [0.25, 0.3) is 0 Å². The van der Waals surface area contributed by atoms with Gasteiger partial charge in [0.05, 0.1) is 0 Å². The van der Waals surface area contributed by atoms with Crippen molar-refractivity contribution >= 4 is 36.4 Å². The predicted molar refractivity (Wildman–Crippen MR) is 73.5 cm³/mol. The van der Waals surface area contributed by atoms with Crippen LogP contribution < -0.4 is 5.30 Å². The summed E-state index contributed by atoms with van der Waals surface area (Å²) in [5, 5.41) is 1.51. The molecule has 1 aromatic carbocycles. The molecule has 0 aromatic heterocycles. The molecule has 3 heteroatoms. The number of rotatable bonds is 1. The normalized spacial score (nSPS) is 39.5. The summed E-state index contributed by atoms with van der Waals surface area (Å²) in [6.07, 6.45) is 2.41. The summed E-state index contributed by atoms with van der Waals surface area (Å²) in [4.78, 5) is 0. The van der Waals surface area contributed by atoms with E-state index in [1.165, 1.54) is 23.2 Å². The first-order valence-electron chi connectivity index (χ1n) is 5.64. The van der Waals surface area contributed by atoms with E-state index < -0.39 is 4.33 Å². The molecule has 1 aliphatic heterocycles. The summed E-state index contributed by atoms with van der Waals surface area (Å²) in [7, 11) is -0.0181. The van der Waals surface area contributed by atoms with E-state index in [-0.39, 0.29) is 13.3 Å². The second-order valence-electron chi connectivity index (χ2n) is 5.31. The van der Waals surface area contributed by atoms with Crippen LogP contribution in [0, 0.1) is 18.3 Å². The van der Waals surface area contributed by atoms with Gasteiger partial charge in [-0.15, -0.1) is 23.2 Å². The van der Waals surface area contributed by atoms with Crippen LogP contribution in [0.2, 0.25) is 0 Å². The van der Waals surface area contributed by atoms with Gasteiger partial charge in [-0.3, -0.25) is 0 Å². The third kappa shape index (κ3) is 1.40. The molecule has 1 saturated heterocycles. The van der Waals surface area contributed by atoms with Crippen molar-refractivity contribution in [2.75, 3.05) is 12.3 Å². The molecule has 1 saturated carbocycles. The van der Waals surface area contributed by atoms with Gasteiger partial charge in [0.2, 0.25) is 0 Å². The van der Waals surface area contributed by atoms with Crippen molar-refractivity contribution in [3.8, 4) is 0 Å². The van der Waals surface area contributed by atoms with Crippen molar-refractivity contribution in [3.05, 3.63) is 29.8 Å². The molecule has 1 aliphatic carbocycles. The lowest BCUT2D eigenvalue weighted by Gasteiger charge is -2.19. The highest BCUT2D eigenvalue weighted by Crippen LogP contribution is 2.78. The fraction of sp³-hybridized carbons (Fsp3) is 0.538. The highest BCUT2D eigenvalue weighted by atomic mass is 35.5. The molecule has 16 heavy (non-hydrogen) atoms. The minimum absolute atomic E-state index is 0.0181. The molecule has 0 amide bonds.